The predicted octanol–water partition coefficient (Wildman–Crippen LogP) is -1.26. The van der Waals surface area contributed by atoms with Crippen molar-refractivity contribution in [3.8, 4) is 0 Å². The Morgan fingerprint density at radius 3 is 2.79 bits per heavy atom. The fourth-order valence-corrected chi connectivity index (χ4v) is 1.81. The van der Waals surface area contributed by atoms with Crippen molar-refractivity contribution in [3.05, 3.63) is 0 Å². The molecule has 0 spiro atoms. The summed E-state index contributed by atoms with van der Waals surface area (Å²) in [5.41, 5.74) is 0. The molecule has 1 aliphatic rings. The van der Waals surface area contributed by atoms with Gasteiger partial charge in [0.1, 0.15) is 0 Å². The third kappa shape index (κ3) is 5.12. The van der Waals surface area contributed by atoms with Gasteiger partial charge in [-0.15, -0.1) is 0 Å². The average molecular weight is 273 g/mol. The third-order valence-electron chi connectivity index (χ3n) is 2.95. The molecule has 19 heavy (non-hydrogen) atoms. The first-order valence-electron chi connectivity index (χ1n) is 6.09. The van der Waals surface area contributed by atoms with Gasteiger partial charge in [-0.25, -0.2) is 9.59 Å². The van der Waals surface area contributed by atoms with Crippen LogP contribution in [0.4, 0.5) is 4.79 Å². The number of aliphatic carboxylic acids is 1. The van der Waals surface area contributed by atoms with Gasteiger partial charge in [-0.1, -0.05) is 0 Å². The van der Waals surface area contributed by atoms with Crippen molar-refractivity contribution < 1.29 is 24.6 Å². The van der Waals surface area contributed by atoms with E-state index in [1.165, 1.54) is 0 Å². The van der Waals surface area contributed by atoms with Crippen LogP contribution in [0, 0.1) is 0 Å². The number of rotatable bonds is 5. The number of aliphatic hydroxyl groups is 1. The minimum absolute atomic E-state index is 0.0498. The van der Waals surface area contributed by atoms with Crippen molar-refractivity contribution in [2.24, 2.45) is 0 Å². The highest BCUT2D eigenvalue weighted by molar-refractivity contribution is 5.78. The van der Waals surface area contributed by atoms with Gasteiger partial charge >= 0.3 is 12.0 Å². The van der Waals surface area contributed by atoms with Crippen LogP contribution in [0.25, 0.3) is 0 Å². The minimum atomic E-state index is -1.47. The molecule has 8 nitrogen and oxygen atoms in total. The fourth-order valence-electron chi connectivity index (χ4n) is 1.81. The number of urea groups is 1. The second kappa shape index (κ2) is 6.93. The molecule has 1 aliphatic heterocycles. The van der Waals surface area contributed by atoms with E-state index in [0.29, 0.717) is 19.4 Å². The maximum Gasteiger partial charge on any atom is 0.332 e. The number of carbonyl (C=O) groups is 3. The topological polar surface area (TPSA) is 119 Å². The predicted molar refractivity (Wildman–Crippen MR) is 65.5 cm³/mol. The fraction of sp³-hybridized carbons (Fsp3) is 0.727. The molecule has 0 bridgehead atoms. The van der Waals surface area contributed by atoms with Crippen molar-refractivity contribution >= 4 is 17.9 Å². The molecule has 2 atom stereocenters. The molecule has 4 N–H and O–H groups in total. The van der Waals surface area contributed by atoms with Crippen LogP contribution in [0.3, 0.4) is 0 Å². The van der Waals surface area contributed by atoms with E-state index in [2.05, 4.69) is 10.6 Å². The summed E-state index contributed by atoms with van der Waals surface area (Å²) in [5.74, 6) is -1.25. The third-order valence-corrected chi connectivity index (χ3v) is 2.95. The summed E-state index contributed by atoms with van der Waals surface area (Å²) < 4.78 is 0. The van der Waals surface area contributed by atoms with Crippen molar-refractivity contribution in [2.45, 2.75) is 31.4 Å². The first-order chi connectivity index (χ1) is 8.90. The monoisotopic (exact) mass is 273 g/mol. The van der Waals surface area contributed by atoms with E-state index in [4.69, 9.17) is 10.2 Å². The van der Waals surface area contributed by atoms with Gasteiger partial charge in [-0.3, -0.25) is 4.79 Å². The quantitative estimate of drug-likeness (QED) is 0.498. The Morgan fingerprint density at radius 1 is 1.53 bits per heavy atom. The van der Waals surface area contributed by atoms with Gasteiger partial charge in [0, 0.05) is 39.0 Å². The van der Waals surface area contributed by atoms with Gasteiger partial charge in [-0.2, -0.15) is 0 Å². The Morgan fingerprint density at radius 2 is 2.21 bits per heavy atom. The van der Waals surface area contributed by atoms with E-state index in [1.54, 1.807) is 11.9 Å². The summed E-state index contributed by atoms with van der Waals surface area (Å²) in [7, 11) is 1.68. The SMILES string of the molecule is CN1CC(NC(=O)NCC[C@H](O)C(=O)O)CCC1=O. The summed E-state index contributed by atoms with van der Waals surface area (Å²) in [6, 6.07) is -0.530. The number of carbonyl (C=O) groups excluding carboxylic acids is 2. The Hall–Kier alpha value is -1.83. The molecule has 1 rings (SSSR count). The molecule has 1 fully saturated rings. The van der Waals surface area contributed by atoms with Crippen LogP contribution in [0.15, 0.2) is 0 Å². The molecule has 0 aromatic carbocycles. The van der Waals surface area contributed by atoms with E-state index in [-0.39, 0.29) is 24.9 Å². The largest absolute Gasteiger partial charge is 0.479 e. The molecule has 8 heteroatoms. The van der Waals surface area contributed by atoms with E-state index in [9.17, 15) is 14.4 Å². The minimum Gasteiger partial charge on any atom is -0.479 e. The molecule has 3 amide bonds. The summed E-state index contributed by atoms with van der Waals surface area (Å²) in [6.07, 6.45) is -0.530. The van der Waals surface area contributed by atoms with Crippen LogP contribution in [-0.4, -0.2) is 65.3 Å². The molecule has 0 aliphatic carbocycles. The second-order valence-electron chi connectivity index (χ2n) is 4.55. The molecular weight excluding hydrogens is 254 g/mol. The summed E-state index contributed by atoms with van der Waals surface area (Å²) in [6.45, 7) is 0.533. The molecule has 1 unspecified atom stereocenters. The molecule has 0 aromatic heterocycles. The zero-order valence-electron chi connectivity index (χ0n) is 10.8. The van der Waals surface area contributed by atoms with E-state index >= 15 is 0 Å². The van der Waals surface area contributed by atoms with Gasteiger partial charge in [0.2, 0.25) is 5.91 Å². The lowest BCUT2D eigenvalue weighted by Crippen LogP contribution is -2.51. The molecule has 108 valence electrons. The van der Waals surface area contributed by atoms with Crippen molar-refractivity contribution in [3.63, 3.8) is 0 Å². The Labute approximate surface area is 110 Å². The molecule has 1 heterocycles. The molecule has 0 radical (unpaired) electrons. The van der Waals surface area contributed by atoms with Crippen LogP contribution in [0.2, 0.25) is 0 Å². The lowest BCUT2D eigenvalue weighted by molar-refractivity contribution is -0.146. The number of hydrogen-bond donors (Lipinski definition) is 4. The van der Waals surface area contributed by atoms with Gasteiger partial charge in [0.05, 0.1) is 0 Å². The number of likely N-dealkylation sites (N-methyl/N-ethyl adjacent to an activating group) is 1. The smallest absolute Gasteiger partial charge is 0.332 e. The second-order valence-corrected chi connectivity index (χ2v) is 4.55. The molecule has 0 aromatic rings. The first kappa shape index (κ1) is 15.2. The molecule has 1 saturated heterocycles. The number of hydrogen-bond acceptors (Lipinski definition) is 4. The van der Waals surface area contributed by atoms with Crippen LogP contribution in [0.1, 0.15) is 19.3 Å². The number of carboxylic acids is 1. The van der Waals surface area contributed by atoms with Crippen molar-refractivity contribution in [1.82, 2.24) is 15.5 Å². The molecule has 0 saturated carbocycles. The van der Waals surface area contributed by atoms with E-state index in [1.807, 2.05) is 0 Å². The zero-order chi connectivity index (χ0) is 14.4. The number of carboxylic acid groups (broad SMARTS) is 1. The van der Waals surface area contributed by atoms with Gasteiger partial charge in [0.25, 0.3) is 0 Å². The zero-order valence-corrected chi connectivity index (χ0v) is 10.8. The maximum atomic E-state index is 11.5. The lowest BCUT2D eigenvalue weighted by Gasteiger charge is -2.30. The normalized spacial score (nSPS) is 20.8. The summed E-state index contributed by atoms with van der Waals surface area (Å²) in [5, 5.41) is 22.6. The van der Waals surface area contributed by atoms with Crippen molar-refractivity contribution in [2.75, 3.05) is 20.1 Å². The highest BCUT2D eigenvalue weighted by Crippen LogP contribution is 2.09. The lowest BCUT2D eigenvalue weighted by atomic mass is 10.1. The maximum absolute atomic E-state index is 11.5. The van der Waals surface area contributed by atoms with Gasteiger partial charge in [0.15, 0.2) is 6.10 Å². The van der Waals surface area contributed by atoms with Crippen LogP contribution < -0.4 is 10.6 Å². The highest BCUT2D eigenvalue weighted by atomic mass is 16.4. The number of nitrogens with one attached hydrogen (secondary N) is 2. The van der Waals surface area contributed by atoms with Crippen LogP contribution >= 0.6 is 0 Å². The Kier molecular flexibility index (Phi) is 5.56. The Balaban J connectivity index is 2.21. The van der Waals surface area contributed by atoms with E-state index < -0.39 is 18.1 Å². The number of likely N-dealkylation sites (tertiary alicyclic amines) is 1. The standard InChI is InChI=1S/C11H19N3O5/c1-14-6-7(2-3-9(14)16)13-11(19)12-5-4-8(15)10(17)18/h7-8,15H,2-6H2,1H3,(H,17,18)(H2,12,13,19)/t7?,8-/m0/s1. The van der Waals surface area contributed by atoms with Gasteiger partial charge < -0.3 is 25.7 Å². The van der Waals surface area contributed by atoms with Crippen molar-refractivity contribution in [1.29, 1.82) is 0 Å². The van der Waals surface area contributed by atoms with Crippen LogP contribution in [0.5, 0.6) is 0 Å². The Bertz CT molecular complexity index is 360. The summed E-state index contributed by atoms with van der Waals surface area (Å²) in [4.78, 5) is 34.6. The number of amides is 3. The molecular formula is C11H19N3O5. The summed E-state index contributed by atoms with van der Waals surface area (Å²) >= 11 is 0. The van der Waals surface area contributed by atoms with Crippen LogP contribution in [-0.2, 0) is 9.59 Å². The average Bonchev–Trinajstić information content (AvgIpc) is 2.33. The van der Waals surface area contributed by atoms with E-state index in [0.717, 1.165) is 0 Å². The first-order valence-corrected chi connectivity index (χ1v) is 6.09. The number of nitrogens with zero attached hydrogens (tertiary/aromatic N) is 1. The number of piperidine rings is 1. The van der Waals surface area contributed by atoms with Gasteiger partial charge in [-0.05, 0) is 6.42 Å². The highest BCUT2D eigenvalue weighted by Gasteiger charge is 2.23. The number of aliphatic hydroxyl groups excluding tert-OH is 1.